The van der Waals surface area contributed by atoms with Gasteiger partial charge in [0.25, 0.3) is 11.8 Å². The Labute approximate surface area is 199 Å². The molecule has 162 valence electrons. The zero-order chi connectivity index (χ0) is 22.7. The highest BCUT2D eigenvalue weighted by Gasteiger charge is 2.40. The van der Waals surface area contributed by atoms with E-state index in [0.29, 0.717) is 22.9 Å². The molecule has 0 unspecified atom stereocenters. The molecule has 0 spiro atoms. The summed E-state index contributed by atoms with van der Waals surface area (Å²) in [6.45, 7) is 4.45. The maximum atomic E-state index is 13.4. The highest BCUT2D eigenvalue weighted by atomic mass is 79.9. The molecule has 0 saturated carbocycles. The van der Waals surface area contributed by atoms with Crippen LogP contribution in [-0.2, 0) is 9.59 Å². The molecule has 1 heterocycles. The third-order valence-corrected chi connectivity index (χ3v) is 6.42. The molecule has 0 fully saturated rings. The number of hydrogen-bond donors (Lipinski definition) is 1. The van der Waals surface area contributed by atoms with Crippen molar-refractivity contribution in [2.24, 2.45) is 0 Å². The Hall–Kier alpha value is -3.03. The normalized spacial score (nSPS) is 13.7. The Morgan fingerprint density at radius 3 is 2.19 bits per heavy atom. The summed E-state index contributed by atoms with van der Waals surface area (Å²) in [5.41, 5.74) is 2.61. The van der Waals surface area contributed by atoms with Gasteiger partial charge in [-0.1, -0.05) is 45.4 Å². The van der Waals surface area contributed by atoms with Gasteiger partial charge < -0.3 is 10.1 Å². The number of carbonyl (C=O) groups is 2. The van der Waals surface area contributed by atoms with Crippen LogP contribution < -0.4 is 15.0 Å². The lowest BCUT2D eigenvalue weighted by atomic mass is 10.2. The fraction of sp³-hybridized carbons (Fsp3) is 0.120. The summed E-state index contributed by atoms with van der Waals surface area (Å²) in [4.78, 5) is 29.2. The Morgan fingerprint density at radius 1 is 0.906 bits per heavy atom. The van der Waals surface area contributed by atoms with Crippen molar-refractivity contribution in [2.75, 3.05) is 16.8 Å². The number of nitrogens with zero attached hydrogens (tertiary/aromatic N) is 1. The van der Waals surface area contributed by atoms with Gasteiger partial charge in [-0.25, -0.2) is 4.90 Å². The van der Waals surface area contributed by atoms with Crippen LogP contribution in [0.15, 0.2) is 92.8 Å². The second kappa shape index (κ2) is 9.63. The standard InChI is InChI=1S/C25H21BrN2O3S/c1-3-31-20-12-10-19(11-13-20)28-24(29)22(27-18-8-6-17(26)7-9-18)23(25(28)30)32-21-14-4-16(2)5-15-21/h4-15,27H,3H2,1-2H3. The summed E-state index contributed by atoms with van der Waals surface area (Å²) in [6, 6.07) is 22.3. The fourth-order valence-corrected chi connectivity index (χ4v) is 4.40. The monoisotopic (exact) mass is 508 g/mol. The van der Waals surface area contributed by atoms with Crippen LogP contribution in [-0.4, -0.2) is 18.4 Å². The first-order valence-corrected chi connectivity index (χ1v) is 11.7. The lowest BCUT2D eigenvalue weighted by molar-refractivity contribution is -0.120. The maximum Gasteiger partial charge on any atom is 0.283 e. The van der Waals surface area contributed by atoms with E-state index in [0.717, 1.165) is 20.6 Å². The lowest BCUT2D eigenvalue weighted by Crippen LogP contribution is -2.32. The number of hydrogen-bond acceptors (Lipinski definition) is 5. The lowest BCUT2D eigenvalue weighted by Gasteiger charge is -2.16. The van der Waals surface area contributed by atoms with Crippen molar-refractivity contribution in [3.05, 3.63) is 93.4 Å². The van der Waals surface area contributed by atoms with E-state index in [2.05, 4.69) is 21.2 Å². The van der Waals surface area contributed by atoms with Crippen LogP contribution in [0.5, 0.6) is 5.75 Å². The average Bonchev–Trinajstić information content (AvgIpc) is 3.01. The van der Waals surface area contributed by atoms with Crippen molar-refractivity contribution in [1.29, 1.82) is 0 Å². The van der Waals surface area contributed by atoms with Gasteiger partial charge in [-0.3, -0.25) is 9.59 Å². The van der Waals surface area contributed by atoms with Crippen molar-refractivity contribution in [3.63, 3.8) is 0 Å². The molecule has 5 nitrogen and oxygen atoms in total. The third kappa shape index (κ3) is 4.74. The molecule has 0 atom stereocenters. The Balaban J connectivity index is 1.69. The van der Waals surface area contributed by atoms with E-state index in [-0.39, 0.29) is 11.6 Å². The van der Waals surface area contributed by atoms with E-state index < -0.39 is 5.91 Å². The first-order valence-electron chi connectivity index (χ1n) is 10.1. The van der Waals surface area contributed by atoms with E-state index in [9.17, 15) is 9.59 Å². The summed E-state index contributed by atoms with van der Waals surface area (Å²) in [7, 11) is 0. The molecule has 1 aliphatic rings. The molecular formula is C25H21BrN2O3S. The summed E-state index contributed by atoms with van der Waals surface area (Å²) in [6.07, 6.45) is 0. The molecule has 0 radical (unpaired) electrons. The first-order chi connectivity index (χ1) is 15.5. The van der Waals surface area contributed by atoms with Gasteiger partial charge in [0.05, 0.1) is 12.3 Å². The highest BCUT2D eigenvalue weighted by Crippen LogP contribution is 2.38. The fourth-order valence-electron chi connectivity index (χ4n) is 3.21. The second-order valence-corrected chi connectivity index (χ2v) is 9.12. The number of thioether (sulfide) groups is 1. The number of anilines is 2. The van der Waals surface area contributed by atoms with Gasteiger partial charge in [0.2, 0.25) is 0 Å². The number of ether oxygens (including phenoxy) is 1. The minimum absolute atomic E-state index is 0.261. The van der Waals surface area contributed by atoms with Gasteiger partial charge in [0.1, 0.15) is 16.4 Å². The van der Waals surface area contributed by atoms with Crippen LogP contribution in [0, 0.1) is 6.92 Å². The van der Waals surface area contributed by atoms with Crippen LogP contribution >= 0.6 is 27.7 Å². The van der Waals surface area contributed by atoms with Crippen molar-refractivity contribution in [2.45, 2.75) is 18.7 Å². The average molecular weight is 509 g/mol. The predicted octanol–water partition coefficient (Wildman–Crippen LogP) is 6.15. The number of carbonyl (C=O) groups excluding carboxylic acids is 2. The molecule has 4 rings (SSSR count). The van der Waals surface area contributed by atoms with Crippen molar-refractivity contribution < 1.29 is 14.3 Å². The number of rotatable bonds is 7. The SMILES string of the molecule is CCOc1ccc(N2C(=O)C(Nc3ccc(Br)cc3)=C(Sc3ccc(C)cc3)C2=O)cc1. The molecule has 2 amide bonds. The molecule has 32 heavy (non-hydrogen) atoms. The predicted molar refractivity (Wildman–Crippen MR) is 132 cm³/mol. The van der Waals surface area contributed by atoms with Gasteiger partial charge in [0.15, 0.2) is 0 Å². The minimum atomic E-state index is -0.392. The molecule has 1 N–H and O–H groups in total. The number of amides is 2. The van der Waals surface area contributed by atoms with E-state index in [1.807, 2.05) is 62.4 Å². The minimum Gasteiger partial charge on any atom is -0.494 e. The molecule has 3 aromatic rings. The zero-order valence-electron chi connectivity index (χ0n) is 17.6. The number of aryl methyl sites for hydroxylation is 1. The van der Waals surface area contributed by atoms with E-state index in [4.69, 9.17) is 4.74 Å². The Bertz CT molecular complexity index is 1100. The highest BCUT2D eigenvalue weighted by molar-refractivity contribution is 9.10. The Morgan fingerprint density at radius 2 is 1.56 bits per heavy atom. The largest absolute Gasteiger partial charge is 0.494 e. The molecule has 0 aromatic heterocycles. The molecular weight excluding hydrogens is 488 g/mol. The summed E-state index contributed by atoms with van der Waals surface area (Å²) in [5, 5.41) is 3.16. The quantitative estimate of drug-likeness (QED) is 0.388. The Kier molecular flexibility index (Phi) is 6.67. The van der Waals surface area contributed by atoms with Crippen LogP contribution in [0.1, 0.15) is 12.5 Å². The number of benzene rings is 3. The van der Waals surface area contributed by atoms with E-state index in [1.165, 1.54) is 16.7 Å². The smallest absolute Gasteiger partial charge is 0.283 e. The van der Waals surface area contributed by atoms with Gasteiger partial charge >= 0.3 is 0 Å². The first kappa shape index (κ1) is 22.2. The number of nitrogens with one attached hydrogen (secondary N) is 1. The van der Waals surface area contributed by atoms with Crippen LogP contribution in [0.25, 0.3) is 0 Å². The zero-order valence-corrected chi connectivity index (χ0v) is 20.0. The summed E-state index contributed by atoms with van der Waals surface area (Å²) < 4.78 is 6.40. The van der Waals surface area contributed by atoms with Crippen molar-refractivity contribution in [3.8, 4) is 5.75 Å². The van der Waals surface area contributed by atoms with E-state index >= 15 is 0 Å². The molecule has 0 bridgehead atoms. The van der Waals surface area contributed by atoms with Crippen LogP contribution in [0.4, 0.5) is 11.4 Å². The summed E-state index contributed by atoms with van der Waals surface area (Å²) >= 11 is 4.70. The number of halogens is 1. The van der Waals surface area contributed by atoms with E-state index in [1.54, 1.807) is 24.3 Å². The third-order valence-electron chi connectivity index (χ3n) is 4.80. The molecule has 1 aliphatic heterocycles. The van der Waals surface area contributed by atoms with Crippen molar-refractivity contribution >= 4 is 50.9 Å². The van der Waals surface area contributed by atoms with Crippen molar-refractivity contribution in [1.82, 2.24) is 0 Å². The second-order valence-electron chi connectivity index (χ2n) is 7.12. The van der Waals surface area contributed by atoms with Crippen LogP contribution in [0.3, 0.4) is 0 Å². The number of imide groups is 1. The van der Waals surface area contributed by atoms with Gasteiger partial charge in [-0.15, -0.1) is 0 Å². The van der Waals surface area contributed by atoms with Crippen LogP contribution in [0.2, 0.25) is 0 Å². The topological polar surface area (TPSA) is 58.6 Å². The molecule has 0 aliphatic carbocycles. The van der Waals surface area contributed by atoms with Gasteiger partial charge in [-0.05, 0) is 74.5 Å². The maximum absolute atomic E-state index is 13.4. The van der Waals surface area contributed by atoms with Gasteiger partial charge in [-0.2, -0.15) is 0 Å². The summed E-state index contributed by atoms with van der Waals surface area (Å²) in [5.74, 6) is -0.0631. The molecule has 0 saturated heterocycles. The van der Waals surface area contributed by atoms with Gasteiger partial charge in [0, 0.05) is 15.1 Å². The molecule has 3 aromatic carbocycles. The molecule has 7 heteroatoms.